The van der Waals surface area contributed by atoms with Gasteiger partial charge in [0.1, 0.15) is 5.25 Å². The summed E-state index contributed by atoms with van der Waals surface area (Å²) in [5.74, 6) is -1.59. The third kappa shape index (κ3) is 5.03. The van der Waals surface area contributed by atoms with Gasteiger partial charge in [-0.25, -0.2) is 8.42 Å². The van der Waals surface area contributed by atoms with Crippen molar-refractivity contribution in [1.29, 1.82) is 0 Å². The van der Waals surface area contributed by atoms with Gasteiger partial charge in [-0.1, -0.05) is 0 Å². The smallest absolute Gasteiger partial charge is 0.305 e. The number of carboxylic acids is 1. The molecule has 0 aromatic rings. The summed E-state index contributed by atoms with van der Waals surface area (Å²) in [5.41, 5.74) is -0.620. The van der Waals surface area contributed by atoms with Gasteiger partial charge in [0, 0.05) is 18.3 Å². The number of carboxylic acid groups (broad SMARTS) is 1. The van der Waals surface area contributed by atoms with Gasteiger partial charge in [-0.15, -0.1) is 0 Å². The maximum Gasteiger partial charge on any atom is 0.305 e. The van der Waals surface area contributed by atoms with Crippen LogP contribution in [0.4, 0.5) is 0 Å². The molecule has 0 fully saturated rings. The number of aliphatic carboxylic acids is 1. The van der Waals surface area contributed by atoms with Crippen molar-refractivity contribution in [3.63, 3.8) is 0 Å². The van der Waals surface area contributed by atoms with E-state index in [1.807, 2.05) is 0 Å². The van der Waals surface area contributed by atoms with Crippen LogP contribution in [0.5, 0.6) is 0 Å². The highest BCUT2D eigenvalue weighted by Crippen LogP contribution is 2.17. The second kappa shape index (κ2) is 5.69. The molecule has 0 saturated carbocycles. The van der Waals surface area contributed by atoms with Crippen LogP contribution in [0.15, 0.2) is 0 Å². The monoisotopic (exact) mass is 279 g/mol. The molecule has 0 aliphatic rings. The van der Waals surface area contributed by atoms with Crippen molar-refractivity contribution in [3.8, 4) is 0 Å². The number of hydrogen-bond acceptors (Lipinski definition) is 4. The zero-order valence-corrected chi connectivity index (χ0v) is 12.2. The first kappa shape index (κ1) is 16.9. The van der Waals surface area contributed by atoms with Crippen molar-refractivity contribution in [3.05, 3.63) is 0 Å². The molecule has 0 bridgehead atoms. The number of amides is 1. The van der Waals surface area contributed by atoms with E-state index in [1.54, 1.807) is 20.8 Å². The summed E-state index contributed by atoms with van der Waals surface area (Å²) in [6, 6.07) is 0. The number of rotatable bonds is 5. The molecule has 1 N–H and O–H groups in total. The number of sulfone groups is 1. The molecule has 106 valence electrons. The molecule has 1 atom stereocenters. The van der Waals surface area contributed by atoms with E-state index in [4.69, 9.17) is 5.11 Å². The van der Waals surface area contributed by atoms with E-state index in [9.17, 15) is 18.0 Å². The Morgan fingerprint density at radius 1 is 1.28 bits per heavy atom. The van der Waals surface area contributed by atoms with E-state index in [0.717, 1.165) is 6.26 Å². The Morgan fingerprint density at radius 3 is 2.00 bits per heavy atom. The molecule has 6 nitrogen and oxygen atoms in total. The van der Waals surface area contributed by atoms with Crippen LogP contribution >= 0.6 is 0 Å². The maximum absolute atomic E-state index is 12.1. The van der Waals surface area contributed by atoms with Crippen molar-refractivity contribution in [2.24, 2.45) is 0 Å². The third-order valence-electron chi connectivity index (χ3n) is 2.62. The highest BCUT2D eigenvalue weighted by Gasteiger charge is 2.34. The average molecular weight is 279 g/mol. The fraction of sp³-hybridized carbons (Fsp3) is 0.818. The fourth-order valence-corrected chi connectivity index (χ4v) is 1.88. The summed E-state index contributed by atoms with van der Waals surface area (Å²) in [6.07, 6.45) is 0.785. The van der Waals surface area contributed by atoms with Gasteiger partial charge in [-0.05, 0) is 27.7 Å². The van der Waals surface area contributed by atoms with Crippen LogP contribution in [0.25, 0.3) is 0 Å². The van der Waals surface area contributed by atoms with Crippen LogP contribution < -0.4 is 0 Å². The van der Waals surface area contributed by atoms with Gasteiger partial charge >= 0.3 is 5.97 Å². The number of nitrogens with zero attached hydrogens (tertiary/aromatic N) is 1. The zero-order chi connectivity index (χ0) is 14.7. The Kier molecular flexibility index (Phi) is 5.34. The van der Waals surface area contributed by atoms with Crippen molar-refractivity contribution in [2.45, 2.75) is 44.9 Å². The summed E-state index contributed by atoms with van der Waals surface area (Å²) in [5, 5.41) is 7.49. The topological polar surface area (TPSA) is 91.8 Å². The van der Waals surface area contributed by atoms with Crippen molar-refractivity contribution in [2.75, 3.05) is 12.8 Å². The van der Waals surface area contributed by atoms with E-state index in [2.05, 4.69) is 0 Å². The molecule has 0 heterocycles. The molecule has 0 radical (unpaired) electrons. The predicted octanol–water partition coefficient (Wildman–Crippen LogP) is 0.521. The number of carbonyl (C=O) groups is 2. The lowest BCUT2D eigenvalue weighted by Gasteiger charge is -2.36. The van der Waals surface area contributed by atoms with Crippen LogP contribution in [-0.4, -0.2) is 53.9 Å². The van der Waals surface area contributed by atoms with Crippen molar-refractivity contribution in [1.82, 2.24) is 4.90 Å². The first-order chi connectivity index (χ1) is 7.87. The molecule has 1 unspecified atom stereocenters. The Bertz CT molecular complexity index is 421. The molecule has 0 aliphatic carbocycles. The molecule has 0 aromatic carbocycles. The minimum Gasteiger partial charge on any atom is -0.481 e. The van der Waals surface area contributed by atoms with Crippen molar-refractivity contribution < 1.29 is 23.1 Å². The second-order valence-corrected chi connectivity index (χ2v) is 7.64. The standard InChI is InChI=1S/C11H21NO5S/c1-8(18(5,16)17)10(15)12(11(2,3)4)7-6-9(13)14/h8H,6-7H2,1-5H3,(H,13,14). The Hall–Kier alpha value is -1.11. The molecular formula is C11H21NO5S. The normalized spacial score (nSPS) is 14.1. The highest BCUT2D eigenvalue weighted by atomic mass is 32.2. The van der Waals surface area contributed by atoms with Gasteiger partial charge < -0.3 is 10.0 Å². The van der Waals surface area contributed by atoms with Crippen LogP contribution in [0, 0.1) is 0 Å². The summed E-state index contributed by atoms with van der Waals surface area (Å²) in [7, 11) is -3.48. The van der Waals surface area contributed by atoms with Gasteiger partial charge in [0.2, 0.25) is 5.91 Å². The first-order valence-corrected chi connectivity index (χ1v) is 7.55. The molecule has 0 aromatic heterocycles. The quantitative estimate of drug-likeness (QED) is 0.792. The lowest BCUT2D eigenvalue weighted by atomic mass is 10.0. The first-order valence-electron chi connectivity index (χ1n) is 5.59. The predicted molar refractivity (Wildman–Crippen MR) is 68.0 cm³/mol. The van der Waals surface area contributed by atoms with E-state index >= 15 is 0 Å². The summed E-state index contributed by atoms with van der Waals surface area (Å²) in [6.45, 7) is 6.53. The van der Waals surface area contributed by atoms with E-state index < -0.39 is 32.5 Å². The number of carbonyl (C=O) groups excluding carboxylic acids is 1. The Morgan fingerprint density at radius 2 is 1.72 bits per heavy atom. The van der Waals surface area contributed by atoms with Crippen molar-refractivity contribution >= 4 is 21.7 Å². The molecule has 7 heteroatoms. The molecule has 1 amide bonds. The maximum atomic E-state index is 12.1. The summed E-state index contributed by atoms with van der Waals surface area (Å²) < 4.78 is 22.8. The largest absolute Gasteiger partial charge is 0.481 e. The zero-order valence-electron chi connectivity index (χ0n) is 11.4. The molecule has 0 aliphatic heterocycles. The van der Waals surface area contributed by atoms with Gasteiger partial charge in [-0.3, -0.25) is 9.59 Å². The van der Waals surface area contributed by atoms with E-state index in [-0.39, 0.29) is 13.0 Å². The lowest BCUT2D eigenvalue weighted by molar-refractivity contribution is -0.140. The molecule has 0 spiro atoms. The minimum absolute atomic E-state index is 0.00245. The van der Waals surface area contributed by atoms with Crippen LogP contribution in [0.3, 0.4) is 0 Å². The number of hydrogen-bond donors (Lipinski definition) is 1. The van der Waals surface area contributed by atoms with E-state index in [0.29, 0.717) is 0 Å². The molecule has 0 rings (SSSR count). The SMILES string of the molecule is CC(C(=O)N(CCC(=O)O)C(C)(C)C)S(C)(=O)=O. The lowest BCUT2D eigenvalue weighted by Crippen LogP contribution is -2.51. The molecular weight excluding hydrogens is 258 g/mol. The average Bonchev–Trinajstić information content (AvgIpc) is 2.12. The van der Waals surface area contributed by atoms with Crippen LogP contribution in [0.2, 0.25) is 0 Å². The van der Waals surface area contributed by atoms with Gasteiger partial charge in [0.15, 0.2) is 9.84 Å². The van der Waals surface area contributed by atoms with Crippen LogP contribution in [0.1, 0.15) is 34.1 Å². The summed E-state index contributed by atoms with van der Waals surface area (Å²) in [4.78, 5) is 24.0. The van der Waals surface area contributed by atoms with Gasteiger partial charge in [-0.2, -0.15) is 0 Å². The third-order valence-corrected chi connectivity index (χ3v) is 4.10. The minimum atomic E-state index is -3.48. The van der Waals surface area contributed by atoms with E-state index in [1.165, 1.54) is 11.8 Å². The Balaban J connectivity index is 5.10. The molecule has 18 heavy (non-hydrogen) atoms. The van der Waals surface area contributed by atoms with Gasteiger partial charge in [0.25, 0.3) is 0 Å². The fourth-order valence-electron chi connectivity index (χ4n) is 1.39. The molecule has 0 saturated heterocycles. The van der Waals surface area contributed by atoms with Crippen LogP contribution in [-0.2, 0) is 19.4 Å². The summed E-state index contributed by atoms with van der Waals surface area (Å²) >= 11 is 0. The highest BCUT2D eigenvalue weighted by molar-refractivity contribution is 7.92. The Labute approximate surface area is 108 Å². The van der Waals surface area contributed by atoms with Gasteiger partial charge in [0.05, 0.1) is 6.42 Å². The second-order valence-electron chi connectivity index (χ2n) is 5.28.